The van der Waals surface area contributed by atoms with Gasteiger partial charge >= 0.3 is 0 Å². The third-order valence-corrected chi connectivity index (χ3v) is 5.82. The number of hydrogen-bond donors (Lipinski definition) is 0. The summed E-state index contributed by atoms with van der Waals surface area (Å²) in [6.07, 6.45) is 5.38. The quantitative estimate of drug-likeness (QED) is 0.611. The number of aryl methyl sites for hydroxylation is 3. The number of anilines is 1. The molecule has 1 aliphatic rings. The van der Waals surface area contributed by atoms with Gasteiger partial charge in [0.2, 0.25) is 5.91 Å². The van der Waals surface area contributed by atoms with Gasteiger partial charge in [-0.3, -0.25) is 9.36 Å². The molecule has 0 saturated carbocycles. The molecule has 7 nitrogen and oxygen atoms in total. The summed E-state index contributed by atoms with van der Waals surface area (Å²) < 4.78 is 1.99. The summed E-state index contributed by atoms with van der Waals surface area (Å²) >= 11 is 0. The molecule has 1 aromatic carbocycles. The number of aromatic nitrogens is 4. The highest BCUT2D eigenvalue weighted by molar-refractivity contribution is 5.92. The van der Waals surface area contributed by atoms with Crippen molar-refractivity contribution < 1.29 is 4.79 Å². The summed E-state index contributed by atoms with van der Waals surface area (Å²) in [6.45, 7) is 10.8. The second-order valence-electron chi connectivity index (χ2n) is 7.92. The lowest BCUT2D eigenvalue weighted by Gasteiger charge is -2.35. The Labute approximate surface area is 183 Å². The van der Waals surface area contributed by atoms with Crippen molar-refractivity contribution in [3.63, 3.8) is 0 Å². The van der Waals surface area contributed by atoms with Crippen LogP contribution in [0, 0.1) is 27.7 Å². The molecule has 160 valence electrons. The first-order valence-corrected chi connectivity index (χ1v) is 10.6. The Hall–Kier alpha value is -3.48. The molecule has 1 amide bonds. The van der Waals surface area contributed by atoms with E-state index in [1.807, 2.05) is 73.6 Å². The lowest BCUT2D eigenvalue weighted by molar-refractivity contribution is -0.126. The Morgan fingerprint density at radius 1 is 0.968 bits per heavy atom. The van der Waals surface area contributed by atoms with Crippen LogP contribution in [-0.2, 0) is 4.79 Å². The average molecular weight is 417 g/mol. The van der Waals surface area contributed by atoms with Crippen LogP contribution < -0.4 is 4.90 Å². The van der Waals surface area contributed by atoms with Crippen LogP contribution >= 0.6 is 0 Å². The predicted molar refractivity (Wildman–Crippen MR) is 122 cm³/mol. The van der Waals surface area contributed by atoms with Crippen molar-refractivity contribution in [3.05, 3.63) is 71.1 Å². The molecule has 0 atom stereocenters. The fourth-order valence-electron chi connectivity index (χ4n) is 3.75. The van der Waals surface area contributed by atoms with Gasteiger partial charge in [0.1, 0.15) is 23.8 Å². The minimum Gasteiger partial charge on any atom is -0.353 e. The van der Waals surface area contributed by atoms with E-state index in [9.17, 15) is 4.79 Å². The van der Waals surface area contributed by atoms with Crippen molar-refractivity contribution in [2.24, 2.45) is 0 Å². The first kappa shape index (κ1) is 20.8. The van der Waals surface area contributed by atoms with E-state index >= 15 is 0 Å². The van der Waals surface area contributed by atoms with Gasteiger partial charge in [-0.2, -0.15) is 0 Å². The van der Waals surface area contributed by atoms with Crippen LogP contribution in [0.2, 0.25) is 0 Å². The zero-order valence-corrected chi connectivity index (χ0v) is 18.5. The Bertz CT molecular complexity index is 1120. The topological polar surface area (TPSA) is 67.2 Å². The van der Waals surface area contributed by atoms with Crippen LogP contribution in [0.25, 0.3) is 11.9 Å². The Kier molecular flexibility index (Phi) is 5.84. The zero-order chi connectivity index (χ0) is 22.0. The largest absolute Gasteiger partial charge is 0.353 e. The third-order valence-electron chi connectivity index (χ3n) is 5.82. The summed E-state index contributed by atoms with van der Waals surface area (Å²) in [4.78, 5) is 30.4. The number of amides is 1. The fourth-order valence-corrected chi connectivity index (χ4v) is 3.75. The second-order valence-corrected chi connectivity index (χ2v) is 7.92. The highest BCUT2D eigenvalue weighted by Crippen LogP contribution is 2.20. The predicted octanol–water partition coefficient (Wildman–Crippen LogP) is 3.26. The molecular weight excluding hydrogens is 388 g/mol. The van der Waals surface area contributed by atoms with Gasteiger partial charge in [-0.15, -0.1) is 0 Å². The second kappa shape index (κ2) is 8.71. The van der Waals surface area contributed by atoms with Crippen molar-refractivity contribution in [1.29, 1.82) is 0 Å². The number of imidazole rings is 1. The number of nitrogens with zero attached hydrogens (tertiary/aromatic N) is 6. The monoisotopic (exact) mass is 416 g/mol. The molecule has 1 fully saturated rings. The molecule has 3 heterocycles. The molecule has 1 aliphatic heterocycles. The van der Waals surface area contributed by atoms with Crippen molar-refractivity contribution in [3.8, 4) is 5.82 Å². The Balaban J connectivity index is 1.43. The Morgan fingerprint density at radius 3 is 2.35 bits per heavy atom. The van der Waals surface area contributed by atoms with E-state index in [0.29, 0.717) is 13.1 Å². The van der Waals surface area contributed by atoms with Gasteiger partial charge in [-0.1, -0.05) is 24.3 Å². The number of rotatable bonds is 4. The van der Waals surface area contributed by atoms with E-state index in [1.54, 1.807) is 12.4 Å². The SMILES string of the molecule is Cc1nc(N2CCN(C(=O)/C=C/c3ccccc3C)CC2)cc(-n2cnc(C)c2C)n1. The number of carbonyl (C=O) groups is 1. The normalized spacial score (nSPS) is 14.5. The lowest BCUT2D eigenvalue weighted by atomic mass is 10.1. The van der Waals surface area contributed by atoms with Crippen molar-refractivity contribution >= 4 is 17.8 Å². The van der Waals surface area contributed by atoms with Gasteiger partial charge in [0, 0.05) is 44.0 Å². The van der Waals surface area contributed by atoms with E-state index in [-0.39, 0.29) is 5.91 Å². The van der Waals surface area contributed by atoms with Gasteiger partial charge in [0.25, 0.3) is 0 Å². The maximum atomic E-state index is 12.6. The first-order chi connectivity index (χ1) is 14.9. The third kappa shape index (κ3) is 4.50. The van der Waals surface area contributed by atoms with E-state index in [2.05, 4.69) is 19.9 Å². The summed E-state index contributed by atoms with van der Waals surface area (Å²) in [5.41, 5.74) is 4.29. The fraction of sp³-hybridized carbons (Fsp3) is 0.333. The summed E-state index contributed by atoms with van der Waals surface area (Å²) in [7, 11) is 0. The maximum absolute atomic E-state index is 12.6. The van der Waals surface area contributed by atoms with Crippen LogP contribution in [0.15, 0.2) is 42.7 Å². The van der Waals surface area contributed by atoms with Gasteiger partial charge < -0.3 is 9.80 Å². The van der Waals surface area contributed by atoms with Crippen LogP contribution in [0.4, 0.5) is 5.82 Å². The van der Waals surface area contributed by atoms with E-state index in [1.165, 1.54) is 0 Å². The smallest absolute Gasteiger partial charge is 0.246 e. The van der Waals surface area contributed by atoms with Gasteiger partial charge in [-0.25, -0.2) is 15.0 Å². The number of hydrogen-bond acceptors (Lipinski definition) is 5. The van der Waals surface area contributed by atoms with E-state index in [0.717, 1.165) is 53.1 Å². The molecule has 0 radical (unpaired) electrons. The molecule has 1 saturated heterocycles. The van der Waals surface area contributed by atoms with Crippen molar-refractivity contribution in [2.75, 3.05) is 31.1 Å². The van der Waals surface area contributed by atoms with Crippen LogP contribution in [0.3, 0.4) is 0 Å². The molecule has 31 heavy (non-hydrogen) atoms. The molecular formula is C24H28N6O. The number of carbonyl (C=O) groups excluding carboxylic acids is 1. The summed E-state index contributed by atoms with van der Waals surface area (Å²) in [6, 6.07) is 10.1. The van der Waals surface area contributed by atoms with Crippen molar-refractivity contribution in [2.45, 2.75) is 27.7 Å². The molecule has 2 aromatic heterocycles. The van der Waals surface area contributed by atoms with E-state index in [4.69, 9.17) is 0 Å². The van der Waals surface area contributed by atoms with Crippen LogP contribution in [0.5, 0.6) is 0 Å². The summed E-state index contributed by atoms with van der Waals surface area (Å²) in [5.74, 6) is 2.47. The molecule has 0 spiro atoms. The van der Waals surface area contributed by atoms with Crippen LogP contribution in [0.1, 0.15) is 28.3 Å². The van der Waals surface area contributed by atoms with Crippen LogP contribution in [-0.4, -0.2) is 56.5 Å². The molecule has 0 unspecified atom stereocenters. The minimum absolute atomic E-state index is 0.0481. The highest BCUT2D eigenvalue weighted by atomic mass is 16.2. The van der Waals surface area contributed by atoms with Gasteiger partial charge in [0.05, 0.1) is 5.69 Å². The first-order valence-electron chi connectivity index (χ1n) is 10.6. The minimum atomic E-state index is 0.0481. The molecule has 4 rings (SSSR count). The Morgan fingerprint density at radius 2 is 1.68 bits per heavy atom. The number of piperazine rings is 1. The molecule has 0 bridgehead atoms. The molecule has 7 heteroatoms. The summed E-state index contributed by atoms with van der Waals surface area (Å²) in [5, 5.41) is 0. The highest BCUT2D eigenvalue weighted by Gasteiger charge is 2.21. The standard InChI is InChI=1S/C24H28N6O/c1-17-7-5-6-8-21(17)9-10-24(31)29-13-11-28(12-14-29)22-15-23(27-20(4)26-22)30-16-25-18(2)19(30)3/h5-10,15-16H,11-14H2,1-4H3/b10-9+. The molecule has 3 aromatic rings. The number of benzene rings is 1. The maximum Gasteiger partial charge on any atom is 0.246 e. The lowest BCUT2D eigenvalue weighted by Crippen LogP contribution is -2.48. The molecule has 0 aliphatic carbocycles. The van der Waals surface area contributed by atoms with Gasteiger partial charge in [-0.05, 0) is 44.9 Å². The van der Waals surface area contributed by atoms with Gasteiger partial charge in [0.15, 0.2) is 0 Å². The molecule has 0 N–H and O–H groups in total. The van der Waals surface area contributed by atoms with Crippen molar-refractivity contribution in [1.82, 2.24) is 24.4 Å². The van der Waals surface area contributed by atoms with E-state index < -0.39 is 0 Å². The zero-order valence-electron chi connectivity index (χ0n) is 18.5. The average Bonchev–Trinajstić information content (AvgIpc) is 3.11.